The van der Waals surface area contributed by atoms with Gasteiger partial charge in [-0.15, -0.1) is 20.5 Å². The van der Waals surface area contributed by atoms with Crippen LogP contribution in [0.5, 0.6) is 23.3 Å². The summed E-state index contributed by atoms with van der Waals surface area (Å²) in [5.74, 6) is 2.60. The molecule has 2 aromatic heterocycles. The van der Waals surface area contributed by atoms with Gasteiger partial charge in [-0.2, -0.15) is 0 Å². The van der Waals surface area contributed by atoms with Crippen molar-refractivity contribution in [3.63, 3.8) is 0 Å². The van der Waals surface area contributed by atoms with Crippen LogP contribution in [0.1, 0.15) is 11.4 Å². The van der Waals surface area contributed by atoms with E-state index in [-0.39, 0.29) is 19.5 Å². The zero-order valence-corrected chi connectivity index (χ0v) is 29.9. The van der Waals surface area contributed by atoms with Gasteiger partial charge in [0.15, 0.2) is 0 Å². The zero-order valence-electron chi connectivity index (χ0n) is 25.4. The molecule has 0 unspecified atom stereocenters. The van der Waals surface area contributed by atoms with Gasteiger partial charge in [-0.05, 0) is 36.4 Å². The number of para-hydroxylation sites is 4. The third kappa shape index (κ3) is 21.6. The molecular formula is C28H28Cl2N4O12Zn. The molecule has 0 atom stereocenters. The normalized spacial score (nSPS) is 10.6. The minimum absolute atomic E-state index is 0. The zero-order chi connectivity index (χ0) is 34.6. The molecule has 0 saturated carbocycles. The van der Waals surface area contributed by atoms with Crippen molar-refractivity contribution in [2.24, 2.45) is 9.98 Å². The van der Waals surface area contributed by atoms with Crippen LogP contribution in [-0.4, -0.2) is 50.8 Å². The van der Waals surface area contributed by atoms with Crippen LogP contribution in [0.15, 0.2) is 94.9 Å². The Hall–Kier alpha value is -3.84. The second-order valence-corrected chi connectivity index (χ2v) is 9.34. The predicted molar refractivity (Wildman–Crippen MR) is 142 cm³/mol. The number of methoxy groups -OCH3 is 4. The molecule has 4 rings (SSSR count). The number of hydrogen-bond acceptors (Lipinski definition) is 16. The van der Waals surface area contributed by atoms with Crippen LogP contribution in [-0.2, 0) is 19.5 Å². The van der Waals surface area contributed by atoms with E-state index in [4.69, 9.17) is 56.2 Å². The Kier molecular flexibility index (Phi) is 20.8. The fourth-order valence-electron chi connectivity index (χ4n) is 2.98. The van der Waals surface area contributed by atoms with Crippen molar-refractivity contribution in [2.75, 3.05) is 28.4 Å². The summed E-state index contributed by atoms with van der Waals surface area (Å²) in [6.07, 6.45) is 3.36. The molecule has 0 radical (unpaired) electrons. The Morgan fingerprint density at radius 1 is 0.489 bits per heavy atom. The Balaban J connectivity index is 0.000000690. The van der Waals surface area contributed by atoms with Gasteiger partial charge in [0.1, 0.15) is 22.9 Å². The summed E-state index contributed by atoms with van der Waals surface area (Å²) in [5.41, 5.74) is 3.01. The molecule has 2 aromatic carbocycles. The number of nitrogens with zero attached hydrogens (tertiary/aromatic N) is 4. The van der Waals surface area contributed by atoms with Crippen LogP contribution in [0.25, 0.3) is 0 Å². The van der Waals surface area contributed by atoms with Crippen molar-refractivity contribution < 1.29 is 96.2 Å². The van der Waals surface area contributed by atoms with Gasteiger partial charge in [0, 0.05) is 12.1 Å². The number of hydrogen-bond donors (Lipinski definition) is 0. The first kappa shape index (κ1) is 43.2. The Labute approximate surface area is 287 Å². The molecule has 4 aromatic rings. The van der Waals surface area contributed by atoms with Gasteiger partial charge < -0.3 is 18.9 Å². The second-order valence-electron chi connectivity index (χ2n) is 7.83. The summed E-state index contributed by atoms with van der Waals surface area (Å²) in [5, 5.41) is 0. The molecule has 16 nitrogen and oxygen atoms in total. The molecule has 0 saturated heterocycles. The first-order valence-electron chi connectivity index (χ1n) is 12.3. The molecule has 0 fully saturated rings. The van der Waals surface area contributed by atoms with Crippen molar-refractivity contribution >= 4 is 23.8 Å². The maximum atomic E-state index is 8.49. The molecule has 0 bridgehead atoms. The summed E-state index contributed by atoms with van der Waals surface area (Å²) in [6, 6.07) is 26.2. The molecule has 0 aliphatic carbocycles. The molecule has 0 amide bonds. The van der Waals surface area contributed by atoms with E-state index in [2.05, 4.69) is 20.0 Å². The van der Waals surface area contributed by atoms with E-state index < -0.39 is 20.5 Å². The minimum atomic E-state index is -4.94. The standard InChI is InChI=1S/2C14H14N2O2.2ClHO4.Zn/c2*1-17-13-8-4-3-7-12(13)15-10-11-6-5-9-14(16-11)18-2;2*2-1(3,4)5;/h2*3-10H,1-2H3;2*(H,2,3,4,5);/q;;;;+2/p-2. The van der Waals surface area contributed by atoms with E-state index in [0.717, 1.165) is 34.3 Å². The van der Waals surface area contributed by atoms with Gasteiger partial charge in [-0.25, -0.2) is 47.2 Å². The number of aliphatic imine (C=N–C) groups is 2. The maximum absolute atomic E-state index is 8.49. The summed E-state index contributed by atoms with van der Waals surface area (Å²) in [4.78, 5) is 17.2. The van der Waals surface area contributed by atoms with E-state index in [9.17, 15) is 0 Å². The molecule has 0 aliphatic heterocycles. The molecular weight excluding hydrogens is 721 g/mol. The van der Waals surface area contributed by atoms with E-state index >= 15 is 0 Å². The van der Waals surface area contributed by atoms with Crippen LogP contribution in [0.2, 0.25) is 0 Å². The van der Waals surface area contributed by atoms with Gasteiger partial charge in [-0.1, -0.05) is 36.4 Å². The average Bonchev–Trinajstić information content (AvgIpc) is 3.02. The molecule has 19 heteroatoms. The SMILES string of the molecule is COc1cccc(C=Nc2ccccc2OC)n1.COc1cccc(C=Nc2ccccc2OC)n1.[O-][Cl+3]([O-])([O-])[O-].[O-][Cl+3]([O-])([O-])[O-].[Zn+2]. The van der Waals surface area contributed by atoms with Crippen LogP contribution in [0.3, 0.4) is 0 Å². The van der Waals surface area contributed by atoms with Gasteiger partial charge in [0.05, 0.1) is 52.3 Å². The largest absolute Gasteiger partial charge is 2.00 e. The predicted octanol–water partition coefficient (Wildman–Crippen LogP) is -3.82. The third-order valence-corrected chi connectivity index (χ3v) is 4.75. The molecule has 2 heterocycles. The number of ether oxygens (including phenoxy) is 4. The van der Waals surface area contributed by atoms with Crippen molar-refractivity contribution in [1.29, 1.82) is 0 Å². The van der Waals surface area contributed by atoms with Crippen molar-refractivity contribution in [1.82, 2.24) is 9.97 Å². The Morgan fingerprint density at radius 2 is 0.809 bits per heavy atom. The molecule has 0 N–H and O–H groups in total. The van der Waals surface area contributed by atoms with Gasteiger partial charge in [0.25, 0.3) is 0 Å². The van der Waals surface area contributed by atoms with Gasteiger partial charge in [0.2, 0.25) is 11.8 Å². The van der Waals surface area contributed by atoms with Crippen molar-refractivity contribution in [3.05, 3.63) is 96.3 Å². The fraction of sp³-hybridized carbons (Fsp3) is 0.143. The van der Waals surface area contributed by atoms with Crippen LogP contribution >= 0.6 is 0 Å². The van der Waals surface area contributed by atoms with Crippen LogP contribution < -0.4 is 56.2 Å². The number of benzene rings is 2. The fourth-order valence-corrected chi connectivity index (χ4v) is 2.98. The van der Waals surface area contributed by atoms with Crippen molar-refractivity contribution in [3.8, 4) is 23.3 Å². The quantitative estimate of drug-likeness (QED) is 0.123. The summed E-state index contributed by atoms with van der Waals surface area (Å²) >= 11 is 0. The second kappa shape index (κ2) is 22.6. The van der Waals surface area contributed by atoms with E-state index in [0.29, 0.717) is 11.8 Å². The Bertz CT molecular complexity index is 1400. The summed E-state index contributed by atoms with van der Waals surface area (Å²) < 4.78 is 88.5. The summed E-state index contributed by atoms with van der Waals surface area (Å²) in [7, 11) is -3.47. The minimum Gasteiger partial charge on any atom is -0.494 e. The molecule has 0 spiro atoms. The smallest absolute Gasteiger partial charge is 0.494 e. The third-order valence-electron chi connectivity index (χ3n) is 4.75. The molecule has 47 heavy (non-hydrogen) atoms. The van der Waals surface area contributed by atoms with Gasteiger partial charge >= 0.3 is 19.5 Å². The topological polar surface area (TPSA) is 272 Å². The van der Waals surface area contributed by atoms with Crippen LogP contribution in [0.4, 0.5) is 11.4 Å². The number of halogens is 2. The number of rotatable bonds is 8. The summed E-state index contributed by atoms with van der Waals surface area (Å²) in [6.45, 7) is 0. The Morgan fingerprint density at radius 3 is 1.11 bits per heavy atom. The van der Waals surface area contributed by atoms with E-state index in [1.54, 1.807) is 53.0 Å². The van der Waals surface area contributed by atoms with Crippen molar-refractivity contribution in [2.45, 2.75) is 0 Å². The van der Waals surface area contributed by atoms with Crippen LogP contribution in [0, 0.1) is 20.5 Å². The molecule has 0 aliphatic rings. The maximum Gasteiger partial charge on any atom is 2.00 e. The van der Waals surface area contributed by atoms with Gasteiger partial charge in [-0.3, -0.25) is 9.98 Å². The average molecular weight is 749 g/mol. The first-order valence-corrected chi connectivity index (χ1v) is 14.7. The monoisotopic (exact) mass is 746 g/mol. The van der Waals surface area contributed by atoms with E-state index in [1.807, 2.05) is 72.8 Å². The molecule has 248 valence electrons. The number of aromatic nitrogens is 2. The van der Waals surface area contributed by atoms with E-state index in [1.165, 1.54) is 0 Å². The first-order chi connectivity index (χ1) is 21.7. The number of pyridine rings is 2.